The summed E-state index contributed by atoms with van der Waals surface area (Å²) < 4.78 is 5.65. The first kappa shape index (κ1) is 17.1. The van der Waals surface area contributed by atoms with Crippen molar-refractivity contribution in [2.45, 2.75) is 53.2 Å². The first-order chi connectivity index (χ1) is 10.7. The standard InChI is InChI=1S/C18H26N4O/c1-12(2)23-15-9-7-14(8-10-15)21-16-11-17(20-13(3)19-16)22-18(4,5)6/h7-12H,1-6H3,(H2,19,20,21,22). The lowest BCUT2D eigenvalue weighted by Crippen LogP contribution is -2.26. The number of ether oxygens (including phenoxy) is 1. The molecule has 0 saturated heterocycles. The summed E-state index contributed by atoms with van der Waals surface area (Å²) in [6, 6.07) is 9.77. The zero-order chi connectivity index (χ0) is 17.0. The van der Waals surface area contributed by atoms with E-state index in [0.717, 1.165) is 28.9 Å². The van der Waals surface area contributed by atoms with Gasteiger partial charge in [0, 0.05) is 17.3 Å². The fourth-order valence-corrected chi connectivity index (χ4v) is 2.12. The minimum Gasteiger partial charge on any atom is -0.491 e. The van der Waals surface area contributed by atoms with Crippen LogP contribution in [0.1, 0.15) is 40.4 Å². The Morgan fingerprint density at radius 2 is 1.61 bits per heavy atom. The molecule has 0 aliphatic carbocycles. The largest absolute Gasteiger partial charge is 0.491 e. The van der Waals surface area contributed by atoms with Crippen LogP contribution in [0.3, 0.4) is 0 Å². The Hall–Kier alpha value is -2.30. The molecule has 0 aliphatic rings. The summed E-state index contributed by atoms with van der Waals surface area (Å²) in [5.41, 5.74) is 0.911. The molecular formula is C18H26N4O. The minimum atomic E-state index is -0.0477. The van der Waals surface area contributed by atoms with Crippen LogP contribution in [0.2, 0.25) is 0 Å². The van der Waals surface area contributed by atoms with Crippen LogP contribution < -0.4 is 15.4 Å². The number of nitrogens with zero attached hydrogens (tertiary/aromatic N) is 2. The number of hydrogen-bond acceptors (Lipinski definition) is 5. The molecule has 0 saturated carbocycles. The van der Waals surface area contributed by atoms with E-state index in [9.17, 15) is 0 Å². The third kappa shape index (κ3) is 5.77. The fraction of sp³-hybridized carbons (Fsp3) is 0.444. The van der Waals surface area contributed by atoms with Crippen LogP contribution >= 0.6 is 0 Å². The van der Waals surface area contributed by atoms with E-state index in [0.29, 0.717) is 0 Å². The average Bonchev–Trinajstić information content (AvgIpc) is 2.37. The van der Waals surface area contributed by atoms with Crippen LogP contribution in [0, 0.1) is 6.92 Å². The molecule has 0 spiro atoms. The number of benzene rings is 1. The van der Waals surface area contributed by atoms with Gasteiger partial charge in [-0.25, -0.2) is 9.97 Å². The average molecular weight is 314 g/mol. The van der Waals surface area contributed by atoms with Gasteiger partial charge in [-0.15, -0.1) is 0 Å². The number of aromatic nitrogens is 2. The van der Waals surface area contributed by atoms with Crippen molar-refractivity contribution in [1.82, 2.24) is 9.97 Å². The van der Waals surface area contributed by atoms with Gasteiger partial charge in [-0.2, -0.15) is 0 Å². The smallest absolute Gasteiger partial charge is 0.136 e. The molecular weight excluding hydrogens is 288 g/mol. The molecule has 124 valence electrons. The number of anilines is 3. The number of hydrogen-bond donors (Lipinski definition) is 2. The van der Waals surface area contributed by atoms with Gasteiger partial charge in [0.2, 0.25) is 0 Å². The van der Waals surface area contributed by atoms with Gasteiger partial charge in [0.25, 0.3) is 0 Å². The Morgan fingerprint density at radius 1 is 1.00 bits per heavy atom. The second kappa shape index (κ2) is 6.86. The molecule has 0 bridgehead atoms. The molecule has 0 unspecified atom stereocenters. The Bertz CT molecular complexity index is 645. The molecule has 0 amide bonds. The Kier molecular flexibility index (Phi) is 5.08. The summed E-state index contributed by atoms with van der Waals surface area (Å²) in [7, 11) is 0. The van der Waals surface area contributed by atoms with Crippen molar-refractivity contribution < 1.29 is 4.74 Å². The molecule has 2 N–H and O–H groups in total. The lowest BCUT2D eigenvalue weighted by molar-refractivity contribution is 0.242. The van der Waals surface area contributed by atoms with Gasteiger partial charge in [0.15, 0.2) is 0 Å². The molecule has 0 radical (unpaired) electrons. The summed E-state index contributed by atoms with van der Waals surface area (Å²) in [4.78, 5) is 8.86. The van der Waals surface area contributed by atoms with Gasteiger partial charge in [-0.05, 0) is 65.8 Å². The molecule has 2 aromatic rings. The normalized spacial score (nSPS) is 11.4. The van der Waals surface area contributed by atoms with E-state index in [-0.39, 0.29) is 11.6 Å². The van der Waals surface area contributed by atoms with Gasteiger partial charge in [-0.3, -0.25) is 0 Å². The second-order valence-corrected chi connectivity index (χ2v) is 6.88. The topological polar surface area (TPSA) is 59.1 Å². The van der Waals surface area contributed by atoms with Gasteiger partial charge in [-0.1, -0.05) is 0 Å². The molecule has 0 aliphatic heterocycles. The Balaban J connectivity index is 2.13. The molecule has 5 heteroatoms. The third-order valence-corrected chi connectivity index (χ3v) is 2.84. The quantitative estimate of drug-likeness (QED) is 0.849. The Morgan fingerprint density at radius 3 is 2.17 bits per heavy atom. The van der Waals surface area contributed by atoms with Gasteiger partial charge in [0.05, 0.1) is 6.10 Å². The van der Waals surface area contributed by atoms with Crippen molar-refractivity contribution >= 4 is 17.3 Å². The second-order valence-electron chi connectivity index (χ2n) is 6.88. The summed E-state index contributed by atoms with van der Waals surface area (Å²) in [5, 5.41) is 6.67. The maximum atomic E-state index is 5.65. The molecule has 0 fully saturated rings. The van der Waals surface area contributed by atoms with Gasteiger partial charge < -0.3 is 15.4 Å². The maximum absolute atomic E-state index is 5.65. The highest BCUT2D eigenvalue weighted by atomic mass is 16.5. The predicted molar refractivity (Wildman–Crippen MR) is 95.6 cm³/mol. The summed E-state index contributed by atoms with van der Waals surface area (Å²) in [6.07, 6.45) is 0.171. The summed E-state index contributed by atoms with van der Waals surface area (Å²) >= 11 is 0. The van der Waals surface area contributed by atoms with Crippen molar-refractivity contribution in [3.63, 3.8) is 0 Å². The van der Waals surface area contributed by atoms with Crippen LogP contribution in [0.5, 0.6) is 5.75 Å². The van der Waals surface area contributed by atoms with Crippen molar-refractivity contribution in [1.29, 1.82) is 0 Å². The lowest BCUT2D eigenvalue weighted by atomic mass is 10.1. The first-order valence-corrected chi connectivity index (χ1v) is 7.89. The van der Waals surface area contributed by atoms with Crippen LogP contribution in [-0.2, 0) is 0 Å². The number of rotatable bonds is 5. The van der Waals surface area contributed by atoms with Crippen LogP contribution in [0.15, 0.2) is 30.3 Å². The van der Waals surface area contributed by atoms with Crippen molar-refractivity contribution in [2.75, 3.05) is 10.6 Å². The maximum Gasteiger partial charge on any atom is 0.136 e. The Labute approximate surface area is 138 Å². The fourth-order valence-electron chi connectivity index (χ4n) is 2.12. The van der Waals surface area contributed by atoms with Crippen molar-refractivity contribution in [3.8, 4) is 5.75 Å². The zero-order valence-corrected chi connectivity index (χ0v) is 14.8. The molecule has 1 aromatic carbocycles. The molecule has 0 atom stereocenters. The molecule has 1 heterocycles. The van der Waals surface area contributed by atoms with E-state index < -0.39 is 0 Å². The van der Waals surface area contributed by atoms with Crippen LogP contribution in [0.4, 0.5) is 17.3 Å². The highest BCUT2D eigenvalue weighted by Crippen LogP contribution is 2.22. The van der Waals surface area contributed by atoms with E-state index in [1.807, 2.05) is 51.1 Å². The number of aryl methyl sites for hydroxylation is 1. The molecule has 2 rings (SSSR count). The van der Waals surface area contributed by atoms with Crippen LogP contribution in [0.25, 0.3) is 0 Å². The zero-order valence-electron chi connectivity index (χ0n) is 14.8. The third-order valence-electron chi connectivity index (χ3n) is 2.84. The van der Waals surface area contributed by atoms with E-state index in [1.165, 1.54) is 0 Å². The van der Waals surface area contributed by atoms with E-state index in [2.05, 4.69) is 41.4 Å². The van der Waals surface area contributed by atoms with Gasteiger partial charge >= 0.3 is 0 Å². The highest BCUT2D eigenvalue weighted by Gasteiger charge is 2.11. The van der Waals surface area contributed by atoms with E-state index >= 15 is 0 Å². The van der Waals surface area contributed by atoms with E-state index in [1.54, 1.807) is 0 Å². The molecule has 5 nitrogen and oxygen atoms in total. The van der Waals surface area contributed by atoms with Gasteiger partial charge in [0.1, 0.15) is 23.2 Å². The van der Waals surface area contributed by atoms with Crippen molar-refractivity contribution in [3.05, 3.63) is 36.2 Å². The monoisotopic (exact) mass is 314 g/mol. The lowest BCUT2D eigenvalue weighted by Gasteiger charge is -2.21. The van der Waals surface area contributed by atoms with Crippen molar-refractivity contribution in [2.24, 2.45) is 0 Å². The highest BCUT2D eigenvalue weighted by molar-refractivity contribution is 5.60. The van der Waals surface area contributed by atoms with E-state index in [4.69, 9.17) is 4.74 Å². The SMILES string of the molecule is Cc1nc(Nc2ccc(OC(C)C)cc2)cc(NC(C)(C)C)n1. The summed E-state index contributed by atoms with van der Waals surface area (Å²) in [5.74, 6) is 3.16. The minimum absolute atomic E-state index is 0.0477. The summed E-state index contributed by atoms with van der Waals surface area (Å²) in [6.45, 7) is 12.2. The molecule has 1 aromatic heterocycles. The number of nitrogens with one attached hydrogen (secondary N) is 2. The predicted octanol–water partition coefficient (Wildman–Crippen LogP) is 4.53. The molecule has 23 heavy (non-hydrogen) atoms. The first-order valence-electron chi connectivity index (χ1n) is 7.89. The van der Waals surface area contributed by atoms with Crippen LogP contribution in [-0.4, -0.2) is 21.6 Å².